The van der Waals surface area contributed by atoms with Crippen molar-refractivity contribution in [1.82, 2.24) is 0 Å². The largest absolute Gasteiger partial charge is 0.395 e. The molecule has 2 aromatic carbocycles. The molecule has 0 unspecified atom stereocenters. The van der Waals surface area contributed by atoms with Crippen molar-refractivity contribution in [2.75, 3.05) is 6.61 Å². The Bertz CT molecular complexity index is 955. The molecule has 4 N–H and O–H groups in total. The number of aliphatic hydroxyl groups excluding tert-OH is 4. The summed E-state index contributed by atoms with van der Waals surface area (Å²) >= 11 is 1.05. The third-order valence-electron chi connectivity index (χ3n) is 5.56. The lowest BCUT2D eigenvalue weighted by Crippen LogP contribution is -2.58. The van der Waals surface area contributed by atoms with Gasteiger partial charge in [-0.2, -0.15) is 0 Å². The molecule has 152 valence electrons. The van der Waals surface area contributed by atoms with Crippen LogP contribution >= 0.6 is 11.8 Å². The SMILES string of the molecule is C#Cc1ccc(Cc2cc3c(cc2F)CO[C@]32S[C@H](CO)[C@@H](O)[C@H](O)[C@H]2O)cc1. The predicted octanol–water partition coefficient (Wildman–Crippen LogP) is 1.27. The summed E-state index contributed by atoms with van der Waals surface area (Å²) in [5, 5.41) is 40.0. The van der Waals surface area contributed by atoms with E-state index in [0.29, 0.717) is 23.1 Å². The second kappa shape index (κ2) is 7.73. The summed E-state index contributed by atoms with van der Waals surface area (Å²) in [4.78, 5) is -1.38. The number of hydrogen-bond acceptors (Lipinski definition) is 6. The molecule has 2 aliphatic heterocycles. The Kier molecular flexibility index (Phi) is 5.42. The lowest BCUT2D eigenvalue weighted by atomic mass is 9.91. The van der Waals surface area contributed by atoms with Gasteiger partial charge < -0.3 is 25.2 Å². The van der Waals surface area contributed by atoms with Gasteiger partial charge in [-0.1, -0.05) is 18.1 Å². The zero-order chi connectivity index (χ0) is 20.8. The van der Waals surface area contributed by atoms with Crippen molar-refractivity contribution in [3.63, 3.8) is 0 Å². The first-order chi connectivity index (χ1) is 13.9. The van der Waals surface area contributed by atoms with Crippen LogP contribution in [0.5, 0.6) is 0 Å². The number of thioether (sulfide) groups is 1. The van der Waals surface area contributed by atoms with Crippen LogP contribution in [0.3, 0.4) is 0 Å². The van der Waals surface area contributed by atoms with E-state index in [2.05, 4.69) is 5.92 Å². The van der Waals surface area contributed by atoms with E-state index in [0.717, 1.165) is 22.9 Å². The fraction of sp³-hybridized carbons (Fsp3) is 0.364. The number of hydrogen-bond donors (Lipinski definition) is 4. The van der Waals surface area contributed by atoms with E-state index < -0.39 is 35.1 Å². The van der Waals surface area contributed by atoms with E-state index >= 15 is 0 Å². The van der Waals surface area contributed by atoms with Crippen LogP contribution in [0.2, 0.25) is 0 Å². The van der Waals surface area contributed by atoms with Crippen LogP contribution in [0.4, 0.5) is 4.39 Å². The first kappa shape index (κ1) is 20.4. The number of halogens is 1. The number of terminal acetylenes is 1. The molecule has 5 atom stereocenters. The zero-order valence-corrected chi connectivity index (χ0v) is 16.3. The van der Waals surface area contributed by atoms with E-state index in [4.69, 9.17) is 11.2 Å². The van der Waals surface area contributed by atoms with Gasteiger partial charge in [-0.3, -0.25) is 0 Å². The average Bonchev–Trinajstić information content (AvgIpc) is 3.08. The van der Waals surface area contributed by atoms with Gasteiger partial charge in [0.1, 0.15) is 18.0 Å². The van der Waals surface area contributed by atoms with Gasteiger partial charge in [0.25, 0.3) is 0 Å². The maximum atomic E-state index is 14.7. The molecule has 7 heteroatoms. The fourth-order valence-corrected chi connectivity index (χ4v) is 5.47. The second-order valence-electron chi connectivity index (χ2n) is 7.34. The molecule has 0 aromatic heterocycles. The molecule has 4 rings (SSSR count). The van der Waals surface area contributed by atoms with Gasteiger partial charge in [-0.15, -0.1) is 18.2 Å². The molecule has 0 amide bonds. The molecule has 29 heavy (non-hydrogen) atoms. The summed E-state index contributed by atoms with van der Waals surface area (Å²) in [6.45, 7) is -0.333. The van der Waals surface area contributed by atoms with Crippen LogP contribution in [-0.4, -0.2) is 50.6 Å². The summed E-state index contributed by atoms with van der Waals surface area (Å²) in [6.07, 6.45) is 1.46. The topological polar surface area (TPSA) is 90.2 Å². The second-order valence-corrected chi connectivity index (χ2v) is 8.79. The van der Waals surface area contributed by atoms with E-state index in [1.54, 1.807) is 18.2 Å². The molecule has 1 spiro atoms. The zero-order valence-electron chi connectivity index (χ0n) is 15.5. The standard InChI is InChI=1S/C22H21FO5S/c1-2-12-3-5-13(6-4-12)7-14-8-16-15(9-17(14)23)11-28-22(16)21(27)20(26)19(25)18(10-24)29-22/h1,3-6,8-9,18-21,24-27H,7,10-11H2/t18-,19-,20+,21-,22+/m1/s1. The van der Waals surface area contributed by atoms with E-state index in [1.807, 2.05) is 12.1 Å². The normalized spacial score (nSPS) is 30.9. The summed E-state index contributed by atoms with van der Waals surface area (Å²) in [7, 11) is 0. The Hall–Kier alpha value is -1.92. The van der Waals surface area contributed by atoms with Crippen molar-refractivity contribution >= 4 is 11.8 Å². The highest BCUT2D eigenvalue weighted by atomic mass is 32.2. The highest BCUT2D eigenvalue weighted by Gasteiger charge is 2.57. The van der Waals surface area contributed by atoms with Gasteiger partial charge in [0, 0.05) is 17.5 Å². The molecule has 0 aliphatic carbocycles. The highest BCUT2D eigenvalue weighted by molar-refractivity contribution is 8.00. The van der Waals surface area contributed by atoms with Crippen LogP contribution in [0, 0.1) is 18.2 Å². The Morgan fingerprint density at radius 2 is 1.90 bits per heavy atom. The van der Waals surface area contributed by atoms with Crippen molar-refractivity contribution in [2.45, 2.75) is 41.5 Å². The molecule has 2 aliphatic rings. The lowest BCUT2D eigenvalue weighted by Gasteiger charge is -2.45. The summed E-state index contributed by atoms with van der Waals surface area (Å²) < 4.78 is 20.6. The predicted molar refractivity (Wildman–Crippen MR) is 107 cm³/mol. The number of fused-ring (bicyclic) bond motifs is 2. The van der Waals surface area contributed by atoms with Crippen LogP contribution < -0.4 is 0 Å². The van der Waals surface area contributed by atoms with Gasteiger partial charge in [0.05, 0.1) is 24.6 Å². The third kappa shape index (κ3) is 3.36. The number of rotatable bonds is 3. The maximum Gasteiger partial charge on any atom is 0.168 e. The minimum Gasteiger partial charge on any atom is -0.395 e. The molecule has 5 nitrogen and oxygen atoms in total. The summed E-state index contributed by atoms with van der Waals surface area (Å²) in [5.74, 6) is 2.15. The lowest BCUT2D eigenvalue weighted by molar-refractivity contribution is -0.147. The van der Waals surface area contributed by atoms with Gasteiger partial charge >= 0.3 is 0 Å². The maximum absolute atomic E-state index is 14.7. The van der Waals surface area contributed by atoms with Crippen molar-refractivity contribution in [1.29, 1.82) is 0 Å². The molecule has 0 radical (unpaired) electrons. The third-order valence-corrected chi connectivity index (χ3v) is 7.22. The van der Waals surface area contributed by atoms with Crippen molar-refractivity contribution in [3.8, 4) is 12.3 Å². The minimum atomic E-state index is -1.50. The van der Waals surface area contributed by atoms with Gasteiger partial charge in [0.2, 0.25) is 0 Å². The smallest absolute Gasteiger partial charge is 0.168 e. The van der Waals surface area contributed by atoms with E-state index in [-0.39, 0.29) is 12.4 Å². The monoisotopic (exact) mass is 416 g/mol. The van der Waals surface area contributed by atoms with Crippen molar-refractivity contribution in [2.24, 2.45) is 0 Å². The molecule has 0 bridgehead atoms. The first-order valence-electron chi connectivity index (χ1n) is 9.23. The first-order valence-corrected chi connectivity index (χ1v) is 10.1. The fourth-order valence-electron chi connectivity index (χ4n) is 3.92. The summed E-state index contributed by atoms with van der Waals surface area (Å²) in [6, 6.07) is 10.3. The number of ether oxygens (including phenoxy) is 1. The molecule has 1 fully saturated rings. The molecule has 2 heterocycles. The number of aliphatic hydroxyl groups is 4. The minimum absolute atomic E-state index is 0.0639. The van der Waals surface area contributed by atoms with Crippen LogP contribution in [0.25, 0.3) is 0 Å². The molecular formula is C22H21FO5S. The Balaban J connectivity index is 1.72. The summed E-state index contributed by atoms with van der Waals surface area (Å²) in [5.41, 5.74) is 3.14. The molecule has 0 saturated carbocycles. The Morgan fingerprint density at radius 1 is 1.17 bits per heavy atom. The van der Waals surface area contributed by atoms with E-state index in [9.17, 15) is 24.8 Å². The van der Waals surface area contributed by atoms with Crippen molar-refractivity contribution in [3.05, 3.63) is 70.0 Å². The Labute approximate surface area is 172 Å². The quantitative estimate of drug-likeness (QED) is 0.564. The van der Waals surface area contributed by atoms with Crippen LogP contribution in [-0.2, 0) is 22.7 Å². The van der Waals surface area contributed by atoms with Gasteiger partial charge in [0.15, 0.2) is 4.93 Å². The number of benzene rings is 2. The van der Waals surface area contributed by atoms with Crippen LogP contribution in [0.1, 0.15) is 27.8 Å². The van der Waals surface area contributed by atoms with E-state index in [1.165, 1.54) is 6.07 Å². The van der Waals surface area contributed by atoms with Gasteiger partial charge in [-0.05, 0) is 41.0 Å². The van der Waals surface area contributed by atoms with Crippen LogP contribution in [0.15, 0.2) is 36.4 Å². The average molecular weight is 416 g/mol. The highest BCUT2D eigenvalue weighted by Crippen LogP contribution is 2.54. The molecule has 1 saturated heterocycles. The van der Waals surface area contributed by atoms with Crippen molar-refractivity contribution < 1.29 is 29.6 Å². The molecule has 2 aromatic rings. The Morgan fingerprint density at radius 3 is 2.55 bits per heavy atom. The van der Waals surface area contributed by atoms with Gasteiger partial charge in [-0.25, -0.2) is 4.39 Å². The molecular weight excluding hydrogens is 395 g/mol.